The van der Waals surface area contributed by atoms with Crippen molar-refractivity contribution in [2.24, 2.45) is 0 Å². The maximum Gasteiger partial charge on any atom is 0.295 e. The number of aliphatic hydroxyl groups is 1. The van der Waals surface area contributed by atoms with E-state index in [-0.39, 0.29) is 11.3 Å². The van der Waals surface area contributed by atoms with E-state index in [2.05, 4.69) is 9.97 Å². The number of hydrogen-bond donors (Lipinski definition) is 1. The molecule has 3 heterocycles. The Morgan fingerprint density at radius 1 is 1.16 bits per heavy atom. The molecule has 1 aliphatic heterocycles. The molecule has 1 aliphatic rings. The zero-order valence-corrected chi connectivity index (χ0v) is 13.9. The van der Waals surface area contributed by atoms with Crippen LogP contribution in [0.4, 0.5) is 0 Å². The number of ketones is 1. The normalized spacial score (nSPS) is 19.4. The largest absolute Gasteiger partial charge is 0.507 e. The lowest BCUT2D eigenvalue weighted by molar-refractivity contribution is -0.139. The lowest BCUT2D eigenvalue weighted by Crippen LogP contribution is -2.30. The minimum absolute atomic E-state index is 0.0975. The summed E-state index contributed by atoms with van der Waals surface area (Å²) in [7, 11) is 0. The Bertz CT molecular complexity index is 803. The standard InChI is InChI=1S/C19H19N3O3/c1-2-3-11-22-16(14-5-4-8-21-12-14)15(18(24)19(22)25)17(23)13-6-9-20-10-7-13/h4-10,12,16,23H,2-3,11H2,1H3/b17-15-. The molecule has 0 aromatic carbocycles. The molecule has 2 aromatic heterocycles. The van der Waals surface area contributed by atoms with Crippen molar-refractivity contribution in [3.63, 3.8) is 0 Å². The lowest BCUT2D eigenvalue weighted by atomic mass is 9.96. The summed E-state index contributed by atoms with van der Waals surface area (Å²) in [5.41, 5.74) is 1.26. The van der Waals surface area contributed by atoms with E-state index in [1.54, 1.807) is 30.6 Å². The Kier molecular flexibility index (Phi) is 4.88. The number of likely N-dealkylation sites (tertiary alicyclic amines) is 1. The second-order valence-electron chi connectivity index (χ2n) is 5.87. The van der Waals surface area contributed by atoms with Crippen molar-refractivity contribution in [3.8, 4) is 0 Å². The van der Waals surface area contributed by atoms with E-state index >= 15 is 0 Å². The zero-order chi connectivity index (χ0) is 17.8. The number of aromatic nitrogens is 2. The van der Waals surface area contributed by atoms with Crippen molar-refractivity contribution >= 4 is 17.4 Å². The number of aliphatic hydroxyl groups excluding tert-OH is 1. The van der Waals surface area contributed by atoms with E-state index in [1.165, 1.54) is 17.3 Å². The minimum atomic E-state index is -0.667. The Balaban J connectivity index is 2.14. The van der Waals surface area contributed by atoms with Gasteiger partial charge >= 0.3 is 0 Å². The predicted molar refractivity (Wildman–Crippen MR) is 92.4 cm³/mol. The van der Waals surface area contributed by atoms with Gasteiger partial charge in [0.25, 0.3) is 11.7 Å². The first-order chi connectivity index (χ1) is 12.1. The van der Waals surface area contributed by atoms with Crippen LogP contribution in [0.15, 0.2) is 54.6 Å². The highest BCUT2D eigenvalue weighted by molar-refractivity contribution is 6.46. The third kappa shape index (κ3) is 3.15. The summed E-state index contributed by atoms with van der Waals surface area (Å²) in [5, 5.41) is 10.7. The Labute approximate surface area is 145 Å². The third-order valence-electron chi connectivity index (χ3n) is 4.25. The molecule has 0 radical (unpaired) electrons. The summed E-state index contributed by atoms with van der Waals surface area (Å²) < 4.78 is 0. The topological polar surface area (TPSA) is 83.4 Å². The van der Waals surface area contributed by atoms with Crippen LogP contribution in [0.5, 0.6) is 0 Å². The van der Waals surface area contributed by atoms with Gasteiger partial charge in [-0.2, -0.15) is 0 Å². The van der Waals surface area contributed by atoms with Crippen LogP contribution >= 0.6 is 0 Å². The molecule has 1 amide bonds. The second kappa shape index (κ2) is 7.25. The Morgan fingerprint density at radius 3 is 2.56 bits per heavy atom. The maximum absolute atomic E-state index is 12.6. The van der Waals surface area contributed by atoms with Crippen LogP contribution in [0.3, 0.4) is 0 Å². The van der Waals surface area contributed by atoms with Crippen molar-refractivity contribution in [2.45, 2.75) is 25.8 Å². The Morgan fingerprint density at radius 2 is 1.92 bits per heavy atom. The molecule has 1 atom stereocenters. The fourth-order valence-corrected chi connectivity index (χ4v) is 2.99. The fraction of sp³-hybridized carbons (Fsp3) is 0.263. The van der Waals surface area contributed by atoms with Gasteiger partial charge < -0.3 is 10.0 Å². The zero-order valence-electron chi connectivity index (χ0n) is 13.9. The molecule has 128 valence electrons. The number of Topliss-reactive ketones (excluding diaryl/α,β-unsaturated/α-hetero) is 1. The summed E-state index contributed by atoms with van der Waals surface area (Å²) in [4.78, 5) is 34.7. The van der Waals surface area contributed by atoms with Crippen molar-refractivity contribution in [2.75, 3.05) is 6.54 Å². The fourth-order valence-electron chi connectivity index (χ4n) is 2.99. The van der Waals surface area contributed by atoms with E-state index < -0.39 is 17.7 Å². The first-order valence-corrected chi connectivity index (χ1v) is 8.24. The van der Waals surface area contributed by atoms with Crippen molar-refractivity contribution < 1.29 is 14.7 Å². The number of carbonyl (C=O) groups is 2. The molecular formula is C19H19N3O3. The average molecular weight is 337 g/mol. The summed E-state index contributed by atoms with van der Waals surface area (Å²) in [5.74, 6) is -1.44. The van der Waals surface area contributed by atoms with Gasteiger partial charge in [0.15, 0.2) is 0 Å². The van der Waals surface area contributed by atoms with Gasteiger partial charge in [0.2, 0.25) is 0 Å². The van der Waals surface area contributed by atoms with Crippen molar-refractivity contribution in [1.82, 2.24) is 14.9 Å². The molecular weight excluding hydrogens is 318 g/mol. The van der Waals surface area contributed by atoms with Gasteiger partial charge in [-0.1, -0.05) is 19.4 Å². The van der Waals surface area contributed by atoms with E-state index in [0.29, 0.717) is 17.7 Å². The summed E-state index contributed by atoms with van der Waals surface area (Å²) in [6, 6.07) is 6.14. The number of carbonyl (C=O) groups excluding carboxylic acids is 2. The van der Waals surface area contributed by atoms with E-state index in [4.69, 9.17) is 0 Å². The first-order valence-electron chi connectivity index (χ1n) is 8.24. The van der Waals surface area contributed by atoms with E-state index in [9.17, 15) is 14.7 Å². The molecule has 1 unspecified atom stereocenters. The summed E-state index contributed by atoms with van der Waals surface area (Å²) in [6.07, 6.45) is 7.98. The second-order valence-corrected chi connectivity index (χ2v) is 5.87. The molecule has 6 heteroatoms. The van der Waals surface area contributed by atoms with Crippen molar-refractivity contribution in [1.29, 1.82) is 0 Å². The molecule has 1 N–H and O–H groups in total. The van der Waals surface area contributed by atoms with Gasteiger partial charge in [0.05, 0.1) is 11.6 Å². The minimum Gasteiger partial charge on any atom is -0.507 e. The van der Waals surface area contributed by atoms with Crippen LogP contribution in [0, 0.1) is 0 Å². The number of nitrogens with zero attached hydrogens (tertiary/aromatic N) is 3. The maximum atomic E-state index is 12.6. The average Bonchev–Trinajstić information content (AvgIpc) is 2.91. The molecule has 3 rings (SSSR count). The van der Waals surface area contributed by atoms with Crippen LogP contribution in [-0.2, 0) is 9.59 Å². The molecule has 1 fully saturated rings. The molecule has 6 nitrogen and oxygen atoms in total. The highest BCUT2D eigenvalue weighted by atomic mass is 16.3. The lowest BCUT2D eigenvalue weighted by Gasteiger charge is -2.24. The smallest absolute Gasteiger partial charge is 0.295 e. The molecule has 0 bridgehead atoms. The van der Waals surface area contributed by atoms with Crippen LogP contribution in [-0.4, -0.2) is 38.2 Å². The number of hydrogen-bond acceptors (Lipinski definition) is 5. The van der Waals surface area contributed by atoms with Gasteiger partial charge in [0, 0.05) is 36.9 Å². The van der Waals surface area contributed by atoms with Crippen LogP contribution in [0.2, 0.25) is 0 Å². The number of pyridine rings is 2. The quantitative estimate of drug-likeness (QED) is 0.515. The molecule has 0 saturated carbocycles. The predicted octanol–water partition coefficient (Wildman–Crippen LogP) is 2.70. The summed E-state index contributed by atoms with van der Waals surface area (Å²) in [6.45, 7) is 2.47. The van der Waals surface area contributed by atoms with Crippen LogP contribution < -0.4 is 0 Å². The summed E-state index contributed by atoms with van der Waals surface area (Å²) >= 11 is 0. The molecule has 25 heavy (non-hydrogen) atoms. The molecule has 1 saturated heterocycles. The number of amides is 1. The SMILES string of the molecule is CCCCN1C(=O)C(=O)/C(=C(\O)c2ccncc2)C1c1cccnc1. The van der Waals surface area contributed by atoms with E-state index in [1.807, 2.05) is 13.0 Å². The first kappa shape index (κ1) is 16.8. The van der Waals surface area contributed by atoms with Gasteiger partial charge in [-0.05, 0) is 30.2 Å². The monoisotopic (exact) mass is 337 g/mol. The van der Waals surface area contributed by atoms with Gasteiger partial charge in [0.1, 0.15) is 5.76 Å². The Hall–Kier alpha value is -3.02. The van der Waals surface area contributed by atoms with Gasteiger partial charge in [-0.25, -0.2) is 0 Å². The highest BCUT2D eigenvalue weighted by Crippen LogP contribution is 2.39. The van der Waals surface area contributed by atoms with Crippen LogP contribution in [0.1, 0.15) is 36.9 Å². The molecule has 0 aliphatic carbocycles. The van der Waals surface area contributed by atoms with E-state index in [0.717, 1.165) is 12.8 Å². The van der Waals surface area contributed by atoms with Gasteiger partial charge in [-0.3, -0.25) is 19.6 Å². The molecule has 2 aromatic rings. The third-order valence-corrected chi connectivity index (χ3v) is 4.25. The van der Waals surface area contributed by atoms with Crippen molar-refractivity contribution in [3.05, 3.63) is 65.8 Å². The number of rotatable bonds is 5. The highest BCUT2D eigenvalue weighted by Gasteiger charge is 2.45. The number of unbranched alkanes of at least 4 members (excludes halogenated alkanes) is 1. The molecule has 0 spiro atoms. The van der Waals surface area contributed by atoms with Crippen LogP contribution in [0.25, 0.3) is 5.76 Å². The van der Waals surface area contributed by atoms with Gasteiger partial charge in [-0.15, -0.1) is 0 Å².